The van der Waals surface area contributed by atoms with Gasteiger partial charge in [0.15, 0.2) is 0 Å². The second-order valence-corrected chi connectivity index (χ2v) is 5.88. The Hall–Kier alpha value is -2.60. The van der Waals surface area contributed by atoms with E-state index in [1.807, 2.05) is 53.6 Å². The lowest BCUT2D eigenvalue weighted by atomic mass is 10.1. The summed E-state index contributed by atoms with van der Waals surface area (Å²) in [6, 6.07) is 13.6. The predicted molar refractivity (Wildman–Crippen MR) is 91.0 cm³/mol. The maximum Gasteiger partial charge on any atom is 0.254 e. The van der Waals surface area contributed by atoms with Crippen LogP contribution in [0.25, 0.3) is 0 Å². The lowest BCUT2D eigenvalue weighted by Gasteiger charge is -2.25. The Labute approximate surface area is 137 Å². The third-order valence-corrected chi connectivity index (χ3v) is 4.40. The van der Waals surface area contributed by atoms with E-state index in [4.69, 9.17) is 6.42 Å². The number of terminal acetylenes is 1. The largest absolute Gasteiger partial charge is 0.336 e. The van der Waals surface area contributed by atoms with Crippen molar-refractivity contribution in [2.24, 2.45) is 0 Å². The third-order valence-electron chi connectivity index (χ3n) is 4.40. The Morgan fingerprint density at radius 1 is 1.26 bits per heavy atom. The fourth-order valence-corrected chi connectivity index (χ4v) is 3.14. The summed E-state index contributed by atoms with van der Waals surface area (Å²) in [7, 11) is 0. The zero-order chi connectivity index (χ0) is 16.1. The average Bonchev–Trinajstić information content (AvgIpc) is 3.09. The van der Waals surface area contributed by atoms with E-state index in [0.29, 0.717) is 11.6 Å². The van der Waals surface area contributed by atoms with Crippen LogP contribution in [0.2, 0.25) is 0 Å². The van der Waals surface area contributed by atoms with E-state index in [9.17, 15) is 4.79 Å². The summed E-state index contributed by atoms with van der Waals surface area (Å²) in [4.78, 5) is 19.1. The number of hydrogen-bond donors (Lipinski definition) is 0. The highest BCUT2D eigenvalue weighted by Crippen LogP contribution is 2.23. The van der Waals surface area contributed by atoms with E-state index in [2.05, 4.69) is 10.9 Å². The lowest BCUT2D eigenvalue weighted by Crippen LogP contribution is -2.35. The Bertz CT molecular complexity index is 701. The van der Waals surface area contributed by atoms with E-state index in [1.165, 1.54) is 0 Å². The molecule has 116 valence electrons. The highest BCUT2D eigenvalue weighted by atomic mass is 16.2. The number of rotatable bonds is 4. The smallest absolute Gasteiger partial charge is 0.254 e. The summed E-state index contributed by atoms with van der Waals surface area (Å²) < 4.78 is 0. The normalized spacial score (nSPS) is 17.0. The number of pyridine rings is 1. The molecule has 1 aliphatic heterocycles. The van der Waals surface area contributed by atoms with Crippen LogP contribution in [-0.4, -0.2) is 28.4 Å². The molecule has 1 aromatic carbocycles. The van der Waals surface area contributed by atoms with Gasteiger partial charge in [-0.05, 0) is 62.1 Å². The molecule has 0 unspecified atom stereocenters. The molecule has 0 aliphatic carbocycles. The number of benzene rings is 1. The summed E-state index contributed by atoms with van der Waals surface area (Å²) in [6.45, 7) is 0.836. The molecule has 3 heteroatoms. The molecule has 3 nitrogen and oxygen atoms in total. The fraction of sp³-hybridized carbons (Fsp3) is 0.300. The SMILES string of the molecule is C#Cc1ccc(C(=O)N2CCC[C@@H]2CCc2ccccn2)cc1. The minimum atomic E-state index is 0.108. The summed E-state index contributed by atoms with van der Waals surface area (Å²) in [6.07, 6.45) is 11.2. The van der Waals surface area contributed by atoms with Crippen LogP contribution in [0, 0.1) is 12.3 Å². The molecule has 1 aromatic heterocycles. The van der Waals surface area contributed by atoms with Gasteiger partial charge in [-0.1, -0.05) is 12.0 Å². The van der Waals surface area contributed by atoms with Crippen LogP contribution < -0.4 is 0 Å². The van der Waals surface area contributed by atoms with Crippen LogP contribution in [0.4, 0.5) is 0 Å². The number of likely N-dealkylation sites (tertiary alicyclic amines) is 1. The topological polar surface area (TPSA) is 33.2 Å². The molecule has 0 N–H and O–H groups in total. The molecule has 1 amide bonds. The molecule has 0 bridgehead atoms. The van der Waals surface area contributed by atoms with Gasteiger partial charge in [-0.2, -0.15) is 0 Å². The van der Waals surface area contributed by atoms with Gasteiger partial charge in [-0.25, -0.2) is 0 Å². The molecule has 2 heterocycles. The van der Waals surface area contributed by atoms with Crippen molar-refractivity contribution in [2.75, 3.05) is 6.54 Å². The first-order chi connectivity index (χ1) is 11.3. The van der Waals surface area contributed by atoms with Gasteiger partial charge in [0, 0.05) is 35.6 Å². The first-order valence-corrected chi connectivity index (χ1v) is 8.05. The van der Waals surface area contributed by atoms with Crippen molar-refractivity contribution in [3.8, 4) is 12.3 Å². The second-order valence-electron chi connectivity index (χ2n) is 5.88. The van der Waals surface area contributed by atoms with Gasteiger partial charge < -0.3 is 4.90 Å². The summed E-state index contributed by atoms with van der Waals surface area (Å²) in [5.41, 5.74) is 2.61. The Morgan fingerprint density at radius 2 is 2.09 bits per heavy atom. The Kier molecular flexibility index (Phi) is 4.73. The monoisotopic (exact) mass is 304 g/mol. The number of carbonyl (C=O) groups is 1. The van der Waals surface area contributed by atoms with Gasteiger partial charge in [0.05, 0.1) is 0 Å². The third kappa shape index (κ3) is 3.60. The van der Waals surface area contributed by atoms with Gasteiger partial charge in [0.2, 0.25) is 0 Å². The minimum Gasteiger partial charge on any atom is -0.336 e. The van der Waals surface area contributed by atoms with Gasteiger partial charge in [-0.3, -0.25) is 9.78 Å². The van der Waals surface area contributed by atoms with Gasteiger partial charge in [-0.15, -0.1) is 6.42 Å². The number of aryl methyl sites for hydroxylation is 1. The second kappa shape index (κ2) is 7.11. The summed E-state index contributed by atoms with van der Waals surface area (Å²) >= 11 is 0. The molecule has 23 heavy (non-hydrogen) atoms. The molecule has 2 aromatic rings. The van der Waals surface area contributed by atoms with Gasteiger partial charge >= 0.3 is 0 Å². The maximum atomic E-state index is 12.7. The number of nitrogens with zero attached hydrogens (tertiary/aromatic N) is 2. The van der Waals surface area contributed by atoms with Crippen molar-refractivity contribution >= 4 is 5.91 Å². The molecule has 0 saturated carbocycles. The van der Waals surface area contributed by atoms with E-state index in [1.54, 1.807) is 0 Å². The maximum absolute atomic E-state index is 12.7. The van der Waals surface area contributed by atoms with Crippen LogP contribution in [0.15, 0.2) is 48.7 Å². The quantitative estimate of drug-likeness (QED) is 0.812. The van der Waals surface area contributed by atoms with Crippen molar-refractivity contribution in [3.63, 3.8) is 0 Å². The molecule has 1 atom stereocenters. The minimum absolute atomic E-state index is 0.108. The van der Waals surface area contributed by atoms with Crippen molar-refractivity contribution < 1.29 is 4.79 Å². The van der Waals surface area contributed by atoms with Crippen LogP contribution in [0.1, 0.15) is 40.9 Å². The van der Waals surface area contributed by atoms with Crippen LogP contribution in [-0.2, 0) is 6.42 Å². The van der Waals surface area contributed by atoms with Crippen molar-refractivity contribution in [1.29, 1.82) is 0 Å². The van der Waals surface area contributed by atoms with E-state index in [-0.39, 0.29) is 5.91 Å². The predicted octanol–water partition coefficient (Wildman–Crippen LogP) is 3.30. The Balaban J connectivity index is 1.65. The number of hydrogen-bond acceptors (Lipinski definition) is 2. The number of amides is 1. The number of aromatic nitrogens is 1. The van der Waals surface area contributed by atoms with Crippen molar-refractivity contribution in [1.82, 2.24) is 9.88 Å². The van der Waals surface area contributed by atoms with E-state index >= 15 is 0 Å². The molecule has 1 aliphatic rings. The van der Waals surface area contributed by atoms with Gasteiger partial charge in [0.1, 0.15) is 0 Å². The standard InChI is InChI=1S/C20H20N2O/c1-2-16-8-10-17(11-9-16)20(23)22-15-5-7-19(22)13-12-18-6-3-4-14-21-18/h1,3-4,6,8-11,14,19H,5,7,12-13,15H2/t19-/m1/s1. The van der Waals surface area contributed by atoms with Crippen LogP contribution in [0.3, 0.4) is 0 Å². The first kappa shape index (κ1) is 15.3. The van der Waals surface area contributed by atoms with E-state index < -0.39 is 0 Å². The zero-order valence-corrected chi connectivity index (χ0v) is 13.1. The molecule has 3 rings (SSSR count). The molecule has 0 spiro atoms. The summed E-state index contributed by atoms with van der Waals surface area (Å²) in [5, 5.41) is 0. The van der Waals surface area contributed by atoms with Gasteiger partial charge in [0.25, 0.3) is 5.91 Å². The Morgan fingerprint density at radius 3 is 2.78 bits per heavy atom. The summed E-state index contributed by atoms with van der Waals surface area (Å²) in [5.74, 6) is 2.69. The first-order valence-electron chi connectivity index (χ1n) is 8.05. The molecule has 0 radical (unpaired) electrons. The highest BCUT2D eigenvalue weighted by Gasteiger charge is 2.29. The average molecular weight is 304 g/mol. The highest BCUT2D eigenvalue weighted by molar-refractivity contribution is 5.94. The zero-order valence-electron chi connectivity index (χ0n) is 13.1. The molecule has 1 fully saturated rings. The fourth-order valence-electron chi connectivity index (χ4n) is 3.14. The molecular formula is C20H20N2O. The molecule has 1 saturated heterocycles. The number of carbonyl (C=O) groups excluding carboxylic acids is 1. The lowest BCUT2D eigenvalue weighted by molar-refractivity contribution is 0.0730. The van der Waals surface area contributed by atoms with Crippen molar-refractivity contribution in [3.05, 3.63) is 65.5 Å². The van der Waals surface area contributed by atoms with E-state index in [0.717, 1.165) is 43.5 Å². The molecular weight excluding hydrogens is 284 g/mol. The van der Waals surface area contributed by atoms with Crippen molar-refractivity contribution in [2.45, 2.75) is 31.7 Å². The van der Waals surface area contributed by atoms with Crippen LogP contribution in [0.5, 0.6) is 0 Å². The van der Waals surface area contributed by atoms with Crippen LogP contribution >= 0.6 is 0 Å².